The number of nitrogens with zero attached hydrogens (tertiary/aromatic N) is 3. The van der Waals surface area contributed by atoms with Gasteiger partial charge in [0.2, 0.25) is 0 Å². The SMILES string of the molecule is CCc1cc(-c2[nH]nc(S)c2-c2ccc(O)c3c2ncn3C(C)C)c(O)cc1O. The number of thiol groups is 1. The normalized spacial score (nSPS) is 11.6. The highest BCUT2D eigenvalue weighted by atomic mass is 32.1. The van der Waals surface area contributed by atoms with E-state index in [1.165, 1.54) is 6.07 Å². The Morgan fingerprint density at radius 1 is 1.07 bits per heavy atom. The molecule has 2 aromatic carbocycles. The topological polar surface area (TPSA) is 107 Å². The summed E-state index contributed by atoms with van der Waals surface area (Å²) < 4.78 is 1.90. The standard InChI is InChI=1S/C21H22N4O3S/c1-4-11-7-13(16(28)8-15(11)27)18-17(21(29)24-23-18)12-5-6-14(26)20-19(12)22-9-25(20)10(2)3/h5-10,26-28H,4H2,1-3H3,(H2,23,24,29). The van der Waals surface area contributed by atoms with Crippen LogP contribution in [0.1, 0.15) is 32.4 Å². The monoisotopic (exact) mass is 410 g/mol. The molecule has 0 amide bonds. The molecular weight excluding hydrogens is 388 g/mol. The van der Waals surface area contributed by atoms with Crippen molar-refractivity contribution in [2.45, 2.75) is 38.3 Å². The fourth-order valence-electron chi connectivity index (χ4n) is 3.61. The molecule has 2 aromatic heterocycles. The Kier molecular flexibility index (Phi) is 4.66. The van der Waals surface area contributed by atoms with Crippen LogP contribution in [0.15, 0.2) is 35.6 Å². The lowest BCUT2D eigenvalue weighted by Gasteiger charge is -2.12. The molecule has 0 saturated heterocycles. The maximum Gasteiger partial charge on any atom is 0.141 e. The average molecular weight is 410 g/mol. The molecule has 0 atom stereocenters. The molecule has 0 bridgehead atoms. The fraction of sp³-hybridized carbons (Fsp3) is 0.238. The summed E-state index contributed by atoms with van der Waals surface area (Å²) in [7, 11) is 0. The number of hydrogen-bond acceptors (Lipinski definition) is 6. The molecule has 0 saturated carbocycles. The molecule has 0 unspecified atom stereocenters. The van der Waals surface area contributed by atoms with Gasteiger partial charge in [0.25, 0.3) is 0 Å². The molecule has 0 aliphatic heterocycles. The number of aromatic hydroxyl groups is 3. The van der Waals surface area contributed by atoms with Crippen LogP contribution in [0.4, 0.5) is 0 Å². The predicted octanol–water partition coefficient (Wildman–Crippen LogP) is 4.64. The maximum absolute atomic E-state index is 10.5. The summed E-state index contributed by atoms with van der Waals surface area (Å²) in [5.41, 5.74) is 4.42. The second-order valence-corrected chi connectivity index (χ2v) is 7.65. The largest absolute Gasteiger partial charge is 0.508 e. The first-order valence-electron chi connectivity index (χ1n) is 9.34. The summed E-state index contributed by atoms with van der Waals surface area (Å²) in [6, 6.07) is 6.57. The third-order valence-corrected chi connectivity index (χ3v) is 5.44. The summed E-state index contributed by atoms with van der Waals surface area (Å²) in [4.78, 5) is 4.53. The number of aromatic nitrogens is 4. The zero-order chi connectivity index (χ0) is 20.9. The van der Waals surface area contributed by atoms with Gasteiger partial charge >= 0.3 is 0 Å². The van der Waals surface area contributed by atoms with Crippen molar-refractivity contribution in [3.63, 3.8) is 0 Å². The Bertz CT molecular complexity index is 1230. The summed E-state index contributed by atoms with van der Waals surface area (Å²) in [6.45, 7) is 5.96. The Balaban J connectivity index is 2.01. The minimum Gasteiger partial charge on any atom is -0.508 e. The van der Waals surface area contributed by atoms with Gasteiger partial charge in [-0.1, -0.05) is 6.92 Å². The number of hydrogen-bond donors (Lipinski definition) is 5. The van der Waals surface area contributed by atoms with Crippen molar-refractivity contribution in [1.29, 1.82) is 0 Å². The van der Waals surface area contributed by atoms with Crippen LogP contribution >= 0.6 is 12.6 Å². The molecule has 8 heteroatoms. The number of benzene rings is 2. The van der Waals surface area contributed by atoms with Crippen molar-refractivity contribution in [2.24, 2.45) is 0 Å². The molecule has 0 fully saturated rings. The second kappa shape index (κ2) is 7.04. The van der Waals surface area contributed by atoms with E-state index in [0.717, 1.165) is 5.56 Å². The minimum atomic E-state index is -0.0688. The van der Waals surface area contributed by atoms with Crippen molar-refractivity contribution in [1.82, 2.24) is 19.7 Å². The third-order valence-electron chi connectivity index (χ3n) is 5.12. The van der Waals surface area contributed by atoms with Gasteiger partial charge in [0.15, 0.2) is 0 Å². The van der Waals surface area contributed by atoms with Crippen molar-refractivity contribution in [3.8, 4) is 39.6 Å². The van der Waals surface area contributed by atoms with E-state index in [4.69, 9.17) is 0 Å². The fourth-order valence-corrected chi connectivity index (χ4v) is 3.90. The van der Waals surface area contributed by atoms with Crippen molar-refractivity contribution in [3.05, 3.63) is 36.2 Å². The Morgan fingerprint density at radius 2 is 1.83 bits per heavy atom. The highest BCUT2D eigenvalue weighted by molar-refractivity contribution is 7.80. The minimum absolute atomic E-state index is 0.0450. The van der Waals surface area contributed by atoms with E-state index in [1.54, 1.807) is 24.5 Å². The first kappa shape index (κ1) is 19.2. The van der Waals surface area contributed by atoms with Crippen LogP contribution in [-0.2, 0) is 6.42 Å². The molecule has 2 heterocycles. The van der Waals surface area contributed by atoms with E-state index in [1.807, 2.05) is 25.3 Å². The average Bonchev–Trinajstić information content (AvgIpc) is 3.28. The first-order valence-corrected chi connectivity index (χ1v) is 9.79. The molecule has 4 rings (SSSR count). The molecule has 29 heavy (non-hydrogen) atoms. The van der Waals surface area contributed by atoms with Crippen LogP contribution in [0.5, 0.6) is 17.2 Å². The highest BCUT2D eigenvalue weighted by Gasteiger charge is 2.23. The van der Waals surface area contributed by atoms with E-state index < -0.39 is 0 Å². The van der Waals surface area contributed by atoms with Gasteiger partial charge in [-0.05, 0) is 44.0 Å². The molecular formula is C21H22N4O3S. The predicted molar refractivity (Wildman–Crippen MR) is 115 cm³/mol. The second-order valence-electron chi connectivity index (χ2n) is 7.22. The number of imidazole rings is 1. The molecule has 4 N–H and O–H groups in total. The van der Waals surface area contributed by atoms with E-state index >= 15 is 0 Å². The number of aromatic amines is 1. The van der Waals surface area contributed by atoms with Crippen LogP contribution in [0.25, 0.3) is 33.4 Å². The van der Waals surface area contributed by atoms with Gasteiger partial charge in [0.05, 0.1) is 12.0 Å². The van der Waals surface area contributed by atoms with Crippen molar-refractivity contribution in [2.75, 3.05) is 0 Å². The molecule has 150 valence electrons. The van der Waals surface area contributed by atoms with Gasteiger partial charge in [0, 0.05) is 28.8 Å². The van der Waals surface area contributed by atoms with Gasteiger partial charge in [-0.15, -0.1) is 12.6 Å². The number of rotatable bonds is 4. The van der Waals surface area contributed by atoms with E-state index in [-0.39, 0.29) is 23.3 Å². The number of H-pyrrole nitrogens is 1. The number of phenolic OH excluding ortho intramolecular Hbond substituents is 3. The van der Waals surface area contributed by atoms with Crippen molar-refractivity contribution < 1.29 is 15.3 Å². The van der Waals surface area contributed by atoms with Gasteiger partial charge in [0.1, 0.15) is 33.3 Å². The lowest BCUT2D eigenvalue weighted by Crippen LogP contribution is -1.98. The van der Waals surface area contributed by atoms with Gasteiger partial charge < -0.3 is 19.9 Å². The quantitative estimate of drug-likeness (QED) is 0.315. The molecule has 0 spiro atoms. The van der Waals surface area contributed by atoms with E-state index in [0.29, 0.717) is 44.9 Å². The highest BCUT2D eigenvalue weighted by Crippen LogP contribution is 2.44. The summed E-state index contributed by atoms with van der Waals surface area (Å²) in [6.07, 6.45) is 2.31. The maximum atomic E-state index is 10.5. The Morgan fingerprint density at radius 3 is 2.52 bits per heavy atom. The van der Waals surface area contributed by atoms with Crippen LogP contribution in [0, 0.1) is 0 Å². The third kappa shape index (κ3) is 3.00. The van der Waals surface area contributed by atoms with Crippen LogP contribution in [0.3, 0.4) is 0 Å². The van der Waals surface area contributed by atoms with Crippen LogP contribution in [0.2, 0.25) is 0 Å². The zero-order valence-electron chi connectivity index (χ0n) is 16.3. The number of fused-ring (bicyclic) bond motifs is 1. The lowest BCUT2D eigenvalue weighted by molar-refractivity contribution is 0.447. The summed E-state index contributed by atoms with van der Waals surface area (Å²) in [5, 5.41) is 38.6. The molecule has 0 aliphatic carbocycles. The molecule has 7 nitrogen and oxygen atoms in total. The zero-order valence-corrected chi connectivity index (χ0v) is 17.2. The summed E-state index contributed by atoms with van der Waals surface area (Å²) >= 11 is 4.51. The van der Waals surface area contributed by atoms with Gasteiger partial charge in [-0.3, -0.25) is 5.10 Å². The van der Waals surface area contributed by atoms with Crippen LogP contribution < -0.4 is 0 Å². The van der Waals surface area contributed by atoms with Crippen LogP contribution in [-0.4, -0.2) is 35.1 Å². The van der Waals surface area contributed by atoms with Gasteiger partial charge in [-0.2, -0.15) is 5.10 Å². The number of nitrogens with one attached hydrogen (secondary N) is 1. The smallest absolute Gasteiger partial charge is 0.141 e. The van der Waals surface area contributed by atoms with Crippen molar-refractivity contribution >= 4 is 23.7 Å². The molecule has 4 aromatic rings. The number of phenols is 3. The number of aryl methyl sites for hydroxylation is 1. The van der Waals surface area contributed by atoms with E-state index in [2.05, 4.69) is 27.8 Å². The lowest BCUT2D eigenvalue weighted by atomic mass is 9.97. The molecule has 0 aliphatic rings. The Labute approximate surface area is 173 Å². The molecule has 0 radical (unpaired) electrons. The first-order chi connectivity index (χ1) is 13.8. The van der Waals surface area contributed by atoms with Gasteiger partial charge in [-0.25, -0.2) is 4.98 Å². The van der Waals surface area contributed by atoms with E-state index in [9.17, 15) is 15.3 Å². The Hall–Kier alpha value is -3.13. The summed E-state index contributed by atoms with van der Waals surface area (Å²) in [5.74, 6) is 0.116.